The van der Waals surface area contributed by atoms with Crippen LogP contribution in [0.4, 0.5) is 0 Å². The second kappa shape index (κ2) is 18.9. The number of aliphatic hydroxyl groups excluding tert-OH is 1. The van der Waals surface area contributed by atoms with Crippen LogP contribution < -0.4 is 15.6 Å². The van der Waals surface area contributed by atoms with Gasteiger partial charge in [0.15, 0.2) is 0 Å². The Bertz CT molecular complexity index is 2670. The summed E-state index contributed by atoms with van der Waals surface area (Å²) in [7, 11) is 0. The third kappa shape index (κ3) is 9.42. The highest BCUT2D eigenvalue weighted by molar-refractivity contribution is 5.95. The molecule has 2 amide bonds. The van der Waals surface area contributed by atoms with Crippen LogP contribution in [0.1, 0.15) is 80.3 Å². The van der Waals surface area contributed by atoms with Crippen molar-refractivity contribution in [2.45, 2.75) is 50.4 Å². The Kier molecular flexibility index (Phi) is 12.9. The lowest BCUT2D eigenvalue weighted by molar-refractivity contribution is -0.155. The molecule has 1 spiro atoms. The Morgan fingerprint density at radius 1 is 0.734 bits per heavy atom. The van der Waals surface area contributed by atoms with Crippen LogP contribution in [0.5, 0.6) is 11.5 Å². The second-order valence-electron chi connectivity index (χ2n) is 16.9. The number of aromatic hydroxyl groups is 1. The normalized spacial score (nSPS) is 16.3. The molecule has 64 heavy (non-hydrogen) atoms. The highest BCUT2D eigenvalue weighted by Crippen LogP contribution is 2.42. The number of ether oxygens (including phenoxy) is 1. The number of aromatic amines is 1. The molecule has 0 radical (unpaired) electrons. The summed E-state index contributed by atoms with van der Waals surface area (Å²) in [6.45, 7) is 3.74. The number of nitrogens with zero attached hydrogens (tertiary/aromatic N) is 2. The maximum atomic E-state index is 13.5. The summed E-state index contributed by atoms with van der Waals surface area (Å²) in [6.07, 6.45) is 3.43. The summed E-state index contributed by atoms with van der Waals surface area (Å²) in [5.74, 6) is -1.03. The number of amides is 2. The average Bonchev–Trinajstić information content (AvgIpc) is 3.33. The number of H-pyrrole nitrogens is 1. The van der Waals surface area contributed by atoms with Crippen LogP contribution in [-0.4, -0.2) is 92.3 Å². The topological polar surface area (TPSA) is 193 Å². The van der Waals surface area contributed by atoms with E-state index in [4.69, 9.17) is 4.74 Å². The Morgan fingerprint density at radius 2 is 1.33 bits per heavy atom. The number of phenols is 1. The summed E-state index contributed by atoms with van der Waals surface area (Å²) in [5, 5.41) is 46.0. The molecule has 6 N–H and O–H groups in total. The molecule has 1 aromatic heterocycles. The Labute approximate surface area is 370 Å². The van der Waals surface area contributed by atoms with Crippen LogP contribution in [0.3, 0.4) is 0 Å². The molecule has 13 heteroatoms. The molecule has 3 heterocycles. The number of aliphatic hydroxyl groups is 2. The number of carbonyl (C=O) groups is 3. The van der Waals surface area contributed by atoms with E-state index >= 15 is 0 Å². The minimum atomic E-state index is -2.24. The number of benzene rings is 5. The van der Waals surface area contributed by atoms with Crippen molar-refractivity contribution < 1.29 is 39.5 Å². The van der Waals surface area contributed by atoms with Crippen LogP contribution in [0.2, 0.25) is 0 Å². The molecule has 8 rings (SSSR count). The Balaban J connectivity index is 0.763. The van der Waals surface area contributed by atoms with Crippen molar-refractivity contribution in [3.63, 3.8) is 0 Å². The number of pyridine rings is 1. The maximum absolute atomic E-state index is 13.5. The molecule has 2 fully saturated rings. The molecule has 2 aliphatic rings. The van der Waals surface area contributed by atoms with Gasteiger partial charge in [-0.15, -0.1) is 0 Å². The number of carboxylic acids is 1. The van der Waals surface area contributed by atoms with Gasteiger partial charge in [0.05, 0.1) is 11.6 Å². The minimum Gasteiger partial charge on any atom is -0.506 e. The van der Waals surface area contributed by atoms with Crippen LogP contribution in [-0.2, 0) is 23.4 Å². The molecule has 13 nitrogen and oxygen atoms in total. The van der Waals surface area contributed by atoms with Crippen molar-refractivity contribution >= 4 is 28.7 Å². The summed E-state index contributed by atoms with van der Waals surface area (Å²) < 4.78 is 5.98. The molecule has 330 valence electrons. The lowest BCUT2D eigenvalue weighted by Crippen LogP contribution is -2.49. The van der Waals surface area contributed by atoms with Crippen LogP contribution >= 0.6 is 0 Å². The van der Waals surface area contributed by atoms with Gasteiger partial charge in [0.1, 0.15) is 18.1 Å². The molecule has 0 saturated carbocycles. The fourth-order valence-electron chi connectivity index (χ4n) is 8.99. The van der Waals surface area contributed by atoms with E-state index in [-0.39, 0.29) is 52.8 Å². The Morgan fingerprint density at radius 3 is 1.94 bits per heavy atom. The van der Waals surface area contributed by atoms with E-state index < -0.39 is 17.7 Å². The molecule has 0 unspecified atom stereocenters. The first kappa shape index (κ1) is 43.8. The molecule has 2 aliphatic heterocycles. The number of fused-ring (bicyclic) bond motifs is 1. The molecular formula is C51H52N4O9. The number of nitrogens with one attached hydrogen (secondary N) is 2. The first-order valence-electron chi connectivity index (χ1n) is 21.7. The first-order chi connectivity index (χ1) is 30.9. The third-order valence-electron chi connectivity index (χ3n) is 13.0. The van der Waals surface area contributed by atoms with Gasteiger partial charge in [-0.05, 0) is 115 Å². The van der Waals surface area contributed by atoms with Gasteiger partial charge < -0.3 is 45.3 Å². The van der Waals surface area contributed by atoms with Gasteiger partial charge in [-0.2, -0.15) is 0 Å². The number of hydrogen-bond acceptors (Lipinski definition) is 9. The van der Waals surface area contributed by atoms with Crippen LogP contribution in [0.25, 0.3) is 10.9 Å². The van der Waals surface area contributed by atoms with Gasteiger partial charge >= 0.3 is 5.97 Å². The number of carbonyl (C=O) groups excluding carboxylic acids is 2. The second-order valence-corrected chi connectivity index (χ2v) is 16.9. The number of phenolic OH excluding ortho intramolecular Hbond substituents is 1. The molecule has 5 aromatic carbocycles. The fourth-order valence-corrected chi connectivity index (χ4v) is 8.99. The molecule has 2 saturated heterocycles. The zero-order valence-electron chi connectivity index (χ0n) is 35.4. The maximum Gasteiger partial charge on any atom is 0.345 e. The van der Waals surface area contributed by atoms with E-state index in [1.54, 1.807) is 72.8 Å². The zero-order chi connectivity index (χ0) is 44.8. The van der Waals surface area contributed by atoms with Crippen LogP contribution in [0, 0.1) is 5.41 Å². The number of hydrogen-bond donors (Lipinski definition) is 6. The standard InChI is InChI=1S/C51H52N4O9/c56-43-19-17-41(42-18-20-45(58)53-46(42)43)44(57)32-52-26-21-34-9-13-36(14-10-34)47(59)54-27-22-50(23-28-54)24-29-55(30-25-50)48(60)37-15-11-35(12-16-37)33-64-40-8-4-7-39(31-40)51(63,49(61)62)38-5-2-1-3-6-38/h1-20,31,44,52,56-57,63H,21-30,32-33H2,(H,53,58)(H,61,62)/t44-,51-/m0/s1. The monoisotopic (exact) mass is 864 g/mol. The summed E-state index contributed by atoms with van der Waals surface area (Å²) >= 11 is 0. The summed E-state index contributed by atoms with van der Waals surface area (Å²) in [4.78, 5) is 57.5. The number of likely N-dealkylation sites (tertiary alicyclic amines) is 2. The van der Waals surface area contributed by atoms with Gasteiger partial charge in [0.25, 0.3) is 11.8 Å². The predicted octanol–water partition coefficient (Wildman–Crippen LogP) is 6.16. The number of aliphatic carboxylic acids is 1. The summed E-state index contributed by atoms with van der Waals surface area (Å²) in [6, 6.07) is 35.7. The lowest BCUT2D eigenvalue weighted by Gasteiger charge is -2.47. The van der Waals surface area contributed by atoms with E-state index in [0.29, 0.717) is 72.5 Å². The van der Waals surface area contributed by atoms with Gasteiger partial charge in [-0.3, -0.25) is 14.4 Å². The van der Waals surface area contributed by atoms with E-state index in [1.807, 2.05) is 46.2 Å². The molecule has 6 aromatic rings. The average molecular weight is 865 g/mol. The smallest absolute Gasteiger partial charge is 0.345 e. The fraction of sp³-hybridized carbons (Fsp3) is 0.294. The van der Waals surface area contributed by atoms with Gasteiger partial charge in [0, 0.05) is 60.9 Å². The van der Waals surface area contributed by atoms with E-state index in [9.17, 15) is 39.6 Å². The quantitative estimate of drug-likeness (QED) is 0.0692. The van der Waals surface area contributed by atoms with Crippen molar-refractivity contribution in [2.24, 2.45) is 5.41 Å². The third-order valence-corrected chi connectivity index (χ3v) is 13.0. The van der Waals surface area contributed by atoms with Crippen molar-refractivity contribution in [1.82, 2.24) is 20.1 Å². The van der Waals surface area contributed by atoms with Crippen LogP contribution in [0.15, 0.2) is 132 Å². The SMILES string of the molecule is O=C(c1ccc(CCNC[C@H](O)c2ccc(O)c3[nH]c(=O)ccc23)cc1)N1CCC2(CC1)CCN(C(=O)c1ccc(COc3cccc([C@](O)(C(=O)O)c4ccccc4)c3)cc1)CC2. The van der Waals surface area contributed by atoms with Crippen molar-refractivity contribution in [2.75, 3.05) is 39.3 Å². The molecule has 2 atom stereocenters. The predicted molar refractivity (Wildman–Crippen MR) is 241 cm³/mol. The molecule has 0 bridgehead atoms. The van der Waals surface area contributed by atoms with E-state index in [1.165, 1.54) is 18.2 Å². The number of aromatic nitrogens is 1. The summed E-state index contributed by atoms with van der Waals surface area (Å²) in [5.41, 5.74) is 2.00. The van der Waals surface area contributed by atoms with Crippen molar-refractivity contribution in [1.29, 1.82) is 0 Å². The van der Waals surface area contributed by atoms with Crippen molar-refractivity contribution in [3.8, 4) is 11.5 Å². The van der Waals surface area contributed by atoms with Gasteiger partial charge in [0.2, 0.25) is 11.2 Å². The highest BCUT2D eigenvalue weighted by Gasteiger charge is 2.41. The van der Waals surface area contributed by atoms with E-state index in [0.717, 1.165) is 36.8 Å². The number of piperidine rings is 2. The minimum absolute atomic E-state index is 0.0179. The highest BCUT2D eigenvalue weighted by atomic mass is 16.5. The molecular weight excluding hydrogens is 813 g/mol. The lowest BCUT2D eigenvalue weighted by atomic mass is 9.71. The van der Waals surface area contributed by atoms with Crippen molar-refractivity contribution in [3.05, 3.63) is 177 Å². The Hall–Kier alpha value is -6.80. The number of carboxylic acid groups (broad SMARTS) is 1. The molecule has 0 aliphatic carbocycles. The largest absolute Gasteiger partial charge is 0.506 e. The number of rotatable bonds is 14. The van der Waals surface area contributed by atoms with E-state index in [2.05, 4.69) is 10.3 Å². The first-order valence-corrected chi connectivity index (χ1v) is 21.7. The van der Waals surface area contributed by atoms with Gasteiger partial charge in [-0.1, -0.05) is 72.8 Å². The zero-order valence-corrected chi connectivity index (χ0v) is 35.4. The van der Waals surface area contributed by atoms with Gasteiger partial charge in [-0.25, -0.2) is 4.79 Å².